The van der Waals surface area contributed by atoms with Crippen molar-refractivity contribution < 1.29 is 4.39 Å². The smallest absolute Gasteiger partial charge is 0.224 e. The van der Waals surface area contributed by atoms with Crippen LogP contribution < -0.4 is 10.6 Å². The predicted octanol–water partition coefficient (Wildman–Crippen LogP) is 1.66. The molecule has 0 radical (unpaired) electrons. The Morgan fingerprint density at radius 2 is 2.06 bits per heavy atom. The van der Waals surface area contributed by atoms with E-state index in [4.69, 9.17) is 0 Å². The van der Waals surface area contributed by atoms with Crippen molar-refractivity contribution in [3.63, 3.8) is 0 Å². The van der Waals surface area contributed by atoms with E-state index in [-0.39, 0.29) is 5.82 Å². The Morgan fingerprint density at radius 1 is 1.29 bits per heavy atom. The summed E-state index contributed by atoms with van der Waals surface area (Å²) in [5.74, 6) is 0.0860. The fourth-order valence-corrected chi connectivity index (χ4v) is 1.30. The van der Waals surface area contributed by atoms with E-state index in [1.807, 2.05) is 12.1 Å². The minimum Gasteiger partial charge on any atom is -0.363 e. The first kappa shape index (κ1) is 11.3. The van der Waals surface area contributed by atoms with E-state index in [2.05, 4.69) is 25.6 Å². The predicted molar refractivity (Wildman–Crippen MR) is 63.1 cm³/mol. The molecule has 2 N–H and O–H groups in total. The summed E-state index contributed by atoms with van der Waals surface area (Å²) < 4.78 is 13.4. The van der Waals surface area contributed by atoms with Crippen molar-refractivity contribution in [3.05, 3.63) is 42.1 Å². The van der Waals surface area contributed by atoms with Gasteiger partial charge in [-0.3, -0.25) is 4.98 Å². The molecule has 0 spiro atoms. The normalized spacial score (nSPS) is 10.0. The zero-order valence-corrected chi connectivity index (χ0v) is 9.31. The summed E-state index contributed by atoms with van der Waals surface area (Å²) >= 11 is 0. The van der Waals surface area contributed by atoms with Crippen LogP contribution in [-0.4, -0.2) is 22.0 Å². The molecule has 17 heavy (non-hydrogen) atoms. The number of hydrogen-bond acceptors (Lipinski definition) is 5. The van der Waals surface area contributed by atoms with Crippen LogP contribution in [0.1, 0.15) is 5.56 Å². The topological polar surface area (TPSA) is 62.7 Å². The highest BCUT2D eigenvalue weighted by Crippen LogP contribution is 2.12. The van der Waals surface area contributed by atoms with Gasteiger partial charge in [0.2, 0.25) is 5.95 Å². The van der Waals surface area contributed by atoms with E-state index in [1.165, 1.54) is 0 Å². The molecule has 0 saturated heterocycles. The van der Waals surface area contributed by atoms with Crippen molar-refractivity contribution in [1.29, 1.82) is 0 Å². The molecule has 0 fully saturated rings. The standard InChI is InChI=1S/C11H12FN5/c1-13-11-16-7-9(12)10(17-11)15-6-8-2-4-14-5-3-8/h2-5,7H,6H2,1H3,(H2,13,15,16,17). The number of aromatic nitrogens is 3. The monoisotopic (exact) mass is 233 g/mol. The van der Waals surface area contributed by atoms with Gasteiger partial charge in [0, 0.05) is 26.0 Å². The molecule has 2 rings (SSSR count). The second kappa shape index (κ2) is 5.20. The number of pyridine rings is 1. The molecular formula is C11H12FN5. The van der Waals surface area contributed by atoms with Crippen LogP contribution in [0.4, 0.5) is 16.2 Å². The summed E-state index contributed by atoms with van der Waals surface area (Å²) in [5, 5.41) is 5.66. The average molecular weight is 233 g/mol. The van der Waals surface area contributed by atoms with Crippen LogP contribution in [0.25, 0.3) is 0 Å². The van der Waals surface area contributed by atoms with E-state index in [1.54, 1.807) is 19.4 Å². The lowest BCUT2D eigenvalue weighted by molar-refractivity contribution is 0.617. The number of hydrogen-bond donors (Lipinski definition) is 2. The molecule has 0 aromatic carbocycles. The maximum absolute atomic E-state index is 13.4. The van der Waals surface area contributed by atoms with Crippen LogP contribution in [0, 0.1) is 5.82 Å². The summed E-state index contributed by atoms with van der Waals surface area (Å²) in [6.45, 7) is 0.486. The van der Waals surface area contributed by atoms with E-state index in [0.717, 1.165) is 11.8 Å². The number of rotatable bonds is 4. The van der Waals surface area contributed by atoms with E-state index < -0.39 is 5.82 Å². The van der Waals surface area contributed by atoms with Crippen LogP contribution in [0.2, 0.25) is 0 Å². The second-order valence-electron chi connectivity index (χ2n) is 3.35. The highest BCUT2D eigenvalue weighted by atomic mass is 19.1. The maximum atomic E-state index is 13.4. The van der Waals surface area contributed by atoms with Crippen molar-refractivity contribution >= 4 is 11.8 Å². The molecule has 0 aliphatic rings. The van der Waals surface area contributed by atoms with Crippen molar-refractivity contribution in [2.24, 2.45) is 0 Å². The Morgan fingerprint density at radius 3 is 2.76 bits per heavy atom. The van der Waals surface area contributed by atoms with Crippen molar-refractivity contribution in [1.82, 2.24) is 15.0 Å². The zero-order valence-electron chi connectivity index (χ0n) is 9.31. The number of nitrogens with one attached hydrogen (secondary N) is 2. The molecule has 6 heteroatoms. The highest BCUT2D eigenvalue weighted by molar-refractivity contribution is 5.41. The molecule has 5 nitrogen and oxygen atoms in total. The quantitative estimate of drug-likeness (QED) is 0.841. The Bertz CT molecular complexity index is 488. The first-order valence-corrected chi connectivity index (χ1v) is 5.12. The molecule has 0 aliphatic heterocycles. The van der Waals surface area contributed by atoms with Crippen molar-refractivity contribution in [2.45, 2.75) is 6.54 Å². The lowest BCUT2D eigenvalue weighted by Crippen LogP contribution is -2.06. The molecule has 0 unspecified atom stereocenters. The zero-order chi connectivity index (χ0) is 12.1. The molecule has 2 heterocycles. The molecule has 0 aliphatic carbocycles. The van der Waals surface area contributed by atoms with Gasteiger partial charge in [-0.25, -0.2) is 9.37 Å². The molecule has 88 valence electrons. The van der Waals surface area contributed by atoms with Crippen molar-refractivity contribution in [2.75, 3.05) is 17.7 Å². The van der Waals surface area contributed by atoms with Gasteiger partial charge in [-0.15, -0.1) is 0 Å². The lowest BCUT2D eigenvalue weighted by atomic mass is 10.3. The largest absolute Gasteiger partial charge is 0.363 e. The van der Waals surface area contributed by atoms with Gasteiger partial charge >= 0.3 is 0 Å². The summed E-state index contributed by atoms with van der Waals surface area (Å²) in [4.78, 5) is 11.7. The summed E-state index contributed by atoms with van der Waals surface area (Å²) in [7, 11) is 1.68. The summed E-state index contributed by atoms with van der Waals surface area (Å²) in [6.07, 6.45) is 4.51. The fourth-order valence-electron chi connectivity index (χ4n) is 1.30. The first-order valence-electron chi connectivity index (χ1n) is 5.12. The average Bonchev–Trinajstić information content (AvgIpc) is 2.39. The molecule has 0 saturated carbocycles. The van der Waals surface area contributed by atoms with Crippen LogP contribution >= 0.6 is 0 Å². The van der Waals surface area contributed by atoms with Crippen LogP contribution in [-0.2, 0) is 6.54 Å². The number of halogens is 1. The van der Waals surface area contributed by atoms with Gasteiger partial charge in [-0.1, -0.05) is 0 Å². The SMILES string of the molecule is CNc1ncc(F)c(NCc2ccncc2)n1. The summed E-state index contributed by atoms with van der Waals surface area (Å²) in [6, 6.07) is 3.70. The minimum absolute atomic E-state index is 0.182. The van der Waals surface area contributed by atoms with Gasteiger partial charge in [0.05, 0.1) is 6.20 Å². The van der Waals surface area contributed by atoms with E-state index in [0.29, 0.717) is 12.5 Å². The van der Waals surface area contributed by atoms with Crippen LogP contribution in [0.3, 0.4) is 0 Å². The maximum Gasteiger partial charge on any atom is 0.224 e. The van der Waals surface area contributed by atoms with E-state index >= 15 is 0 Å². The van der Waals surface area contributed by atoms with Crippen LogP contribution in [0.5, 0.6) is 0 Å². The molecule has 0 amide bonds. The molecule has 2 aromatic heterocycles. The van der Waals surface area contributed by atoms with Gasteiger partial charge in [0.1, 0.15) is 0 Å². The number of anilines is 2. The molecule has 0 bridgehead atoms. The molecule has 2 aromatic rings. The number of nitrogens with zero attached hydrogens (tertiary/aromatic N) is 3. The Kier molecular flexibility index (Phi) is 3.44. The highest BCUT2D eigenvalue weighted by Gasteiger charge is 2.05. The van der Waals surface area contributed by atoms with Gasteiger partial charge in [0.15, 0.2) is 11.6 Å². The van der Waals surface area contributed by atoms with Gasteiger partial charge < -0.3 is 10.6 Å². The van der Waals surface area contributed by atoms with Crippen LogP contribution in [0.15, 0.2) is 30.7 Å². The second-order valence-corrected chi connectivity index (χ2v) is 3.35. The van der Waals surface area contributed by atoms with Gasteiger partial charge in [-0.2, -0.15) is 4.98 Å². The Labute approximate surface area is 98.1 Å². The summed E-state index contributed by atoms with van der Waals surface area (Å²) in [5.41, 5.74) is 1.00. The van der Waals surface area contributed by atoms with Crippen molar-refractivity contribution in [3.8, 4) is 0 Å². The Balaban J connectivity index is 2.08. The lowest BCUT2D eigenvalue weighted by Gasteiger charge is -2.07. The van der Waals surface area contributed by atoms with Gasteiger partial charge in [-0.05, 0) is 17.7 Å². The van der Waals surface area contributed by atoms with Gasteiger partial charge in [0.25, 0.3) is 0 Å². The molecule has 0 atom stereocenters. The molecular weight excluding hydrogens is 221 g/mol. The third-order valence-corrected chi connectivity index (χ3v) is 2.18. The fraction of sp³-hybridized carbons (Fsp3) is 0.182. The third-order valence-electron chi connectivity index (χ3n) is 2.18. The Hall–Kier alpha value is -2.24. The minimum atomic E-state index is -0.474. The van der Waals surface area contributed by atoms with E-state index in [9.17, 15) is 4.39 Å². The first-order chi connectivity index (χ1) is 8.29. The third kappa shape index (κ3) is 2.87.